The molecule has 2 aromatic rings. The minimum absolute atomic E-state index is 0.0175. The molecule has 128 valence electrons. The van der Waals surface area contributed by atoms with Crippen LogP contribution in [0.2, 0.25) is 0 Å². The number of carbonyl (C=O) groups is 1. The van der Waals surface area contributed by atoms with Crippen LogP contribution in [-0.2, 0) is 0 Å². The Morgan fingerprint density at radius 2 is 1.79 bits per heavy atom. The summed E-state index contributed by atoms with van der Waals surface area (Å²) in [6.45, 7) is 1.68. The van der Waals surface area contributed by atoms with E-state index in [1.165, 1.54) is 43.8 Å². The van der Waals surface area contributed by atoms with Gasteiger partial charge in [-0.3, -0.25) is 4.79 Å². The number of hydrogen-bond acceptors (Lipinski definition) is 5. The summed E-state index contributed by atoms with van der Waals surface area (Å²) in [5, 5.41) is 2.67. The molecule has 24 heavy (non-hydrogen) atoms. The van der Waals surface area contributed by atoms with Crippen LogP contribution in [0.5, 0.6) is 11.6 Å². The third kappa shape index (κ3) is 4.58. The highest BCUT2D eigenvalue weighted by molar-refractivity contribution is 5.94. The van der Waals surface area contributed by atoms with Crippen molar-refractivity contribution in [3.8, 4) is 11.6 Å². The average molecular weight is 341 g/mol. The van der Waals surface area contributed by atoms with Crippen molar-refractivity contribution in [2.45, 2.75) is 19.3 Å². The predicted molar refractivity (Wildman–Crippen MR) is 77.6 cm³/mol. The Bertz CT molecular complexity index is 705. The summed E-state index contributed by atoms with van der Waals surface area (Å²) < 4.78 is 45.1. The van der Waals surface area contributed by atoms with Crippen molar-refractivity contribution in [2.24, 2.45) is 0 Å². The van der Waals surface area contributed by atoms with Crippen LogP contribution in [0, 0.1) is 0 Å². The maximum absolute atomic E-state index is 12.2. The maximum Gasteiger partial charge on any atom is 0.573 e. The first kappa shape index (κ1) is 17.5. The lowest BCUT2D eigenvalue weighted by molar-refractivity contribution is -0.274. The predicted octanol–water partition coefficient (Wildman–Crippen LogP) is 2.87. The van der Waals surface area contributed by atoms with Gasteiger partial charge in [0.15, 0.2) is 5.69 Å². The quantitative estimate of drug-likeness (QED) is 0.905. The number of halogens is 3. The largest absolute Gasteiger partial charge is 0.573 e. The summed E-state index contributed by atoms with van der Waals surface area (Å²) in [4.78, 5) is 20.0. The highest BCUT2D eigenvalue weighted by Crippen LogP contribution is 2.24. The second-order valence-electron chi connectivity index (χ2n) is 4.73. The maximum atomic E-state index is 12.2. The molecule has 0 aliphatic carbocycles. The first-order chi connectivity index (χ1) is 11.3. The van der Waals surface area contributed by atoms with E-state index in [0.717, 1.165) is 0 Å². The molecule has 0 spiro atoms. The van der Waals surface area contributed by atoms with Crippen LogP contribution in [0.15, 0.2) is 36.7 Å². The summed E-state index contributed by atoms with van der Waals surface area (Å²) in [5.74, 6) is -0.764. The van der Waals surface area contributed by atoms with E-state index in [1.54, 1.807) is 6.92 Å². The van der Waals surface area contributed by atoms with E-state index in [1.807, 2.05) is 0 Å². The molecule has 1 N–H and O–H groups in total. The van der Waals surface area contributed by atoms with E-state index in [0.29, 0.717) is 5.56 Å². The standard InChI is InChI=1S/C15H14F3N3O3/c1-9(10-3-5-11(6-4-10)24-15(16,17)18)21-13(22)12-14(23-2)20-8-7-19-12/h3-9H,1-2H3,(H,21,22)/t9-/m0/s1. The highest BCUT2D eigenvalue weighted by Gasteiger charge is 2.31. The van der Waals surface area contributed by atoms with Gasteiger partial charge in [0.05, 0.1) is 13.2 Å². The summed E-state index contributed by atoms with van der Waals surface area (Å²) >= 11 is 0. The van der Waals surface area contributed by atoms with Crippen LogP contribution in [0.25, 0.3) is 0 Å². The van der Waals surface area contributed by atoms with E-state index in [4.69, 9.17) is 4.74 Å². The molecule has 0 aliphatic heterocycles. The molecular formula is C15H14F3N3O3. The summed E-state index contributed by atoms with van der Waals surface area (Å²) in [7, 11) is 1.36. The van der Waals surface area contributed by atoms with Gasteiger partial charge >= 0.3 is 6.36 Å². The number of amides is 1. The highest BCUT2D eigenvalue weighted by atomic mass is 19.4. The van der Waals surface area contributed by atoms with Gasteiger partial charge in [0, 0.05) is 12.4 Å². The molecule has 0 aliphatic rings. The second-order valence-corrected chi connectivity index (χ2v) is 4.73. The van der Waals surface area contributed by atoms with Crippen molar-refractivity contribution in [1.29, 1.82) is 0 Å². The normalized spacial score (nSPS) is 12.4. The molecule has 1 aromatic carbocycles. The fraction of sp³-hybridized carbons (Fsp3) is 0.267. The monoisotopic (exact) mass is 341 g/mol. The van der Waals surface area contributed by atoms with E-state index in [-0.39, 0.29) is 17.3 Å². The molecule has 0 unspecified atom stereocenters. The molecule has 0 saturated heterocycles. The fourth-order valence-corrected chi connectivity index (χ4v) is 1.94. The number of rotatable bonds is 5. The number of aromatic nitrogens is 2. The van der Waals surface area contributed by atoms with Gasteiger partial charge in [0.1, 0.15) is 5.75 Å². The molecule has 0 bridgehead atoms. The number of nitrogens with one attached hydrogen (secondary N) is 1. The number of ether oxygens (including phenoxy) is 2. The van der Waals surface area contributed by atoms with E-state index >= 15 is 0 Å². The molecule has 1 atom stereocenters. The molecule has 0 fully saturated rings. The van der Waals surface area contributed by atoms with E-state index < -0.39 is 18.3 Å². The van der Waals surface area contributed by atoms with Gasteiger partial charge in [0.25, 0.3) is 5.91 Å². The minimum atomic E-state index is -4.75. The second kappa shape index (κ2) is 7.16. The van der Waals surface area contributed by atoms with Crippen molar-refractivity contribution in [3.05, 3.63) is 47.9 Å². The van der Waals surface area contributed by atoms with Crippen LogP contribution in [-0.4, -0.2) is 29.3 Å². The summed E-state index contributed by atoms with van der Waals surface area (Å²) in [6, 6.07) is 4.74. The fourth-order valence-electron chi connectivity index (χ4n) is 1.94. The summed E-state index contributed by atoms with van der Waals surface area (Å²) in [5.41, 5.74) is 0.615. The Labute approximate surface area is 135 Å². The van der Waals surface area contributed by atoms with Crippen molar-refractivity contribution in [1.82, 2.24) is 15.3 Å². The number of methoxy groups -OCH3 is 1. The van der Waals surface area contributed by atoms with Crippen molar-refractivity contribution in [2.75, 3.05) is 7.11 Å². The Kier molecular flexibility index (Phi) is 5.22. The van der Waals surface area contributed by atoms with Gasteiger partial charge in [-0.15, -0.1) is 13.2 Å². The van der Waals surface area contributed by atoms with Crippen LogP contribution in [0.4, 0.5) is 13.2 Å². The molecule has 6 nitrogen and oxygen atoms in total. The molecular weight excluding hydrogens is 327 g/mol. The van der Waals surface area contributed by atoms with E-state index in [9.17, 15) is 18.0 Å². The van der Waals surface area contributed by atoms with Gasteiger partial charge in [0.2, 0.25) is 5.88 Å². The SMILES string of the molecule is COc1nccnc1C(=O)N[C@@H](C)c1ccc(OC(F)(F)F)cc1. The van der Waals surface area contributed by atoms with Crippen molar-refractivity contribution >= 4 is 5.91 Å². The Balaban J connectivity index is 2.06. The number of nitrogens with zero attached hydrogens (tertiary/aromatic N) is 2. The van der Waals surface area contributed by atoms with Crippen LogP contribution in [0.1, 0.15) is 29.0 Å². The first-order valence-electron chi connectivity index (χ1n) is 6.81. The number of hydrogen-bond donors (Lipinski definition) is 1. The minimum Gasteiger partial charge on any atom is -0.479 e. The van der Waals surface area contributed by atoms with Crippen LogP contribution in [0.3, 0.4) is 0 Å². The molecule has 0 radical (unpaired) electrons. The Morgan fingerprint density at radius 3 is 2.38 bits per heavy atom. The smallest absolute Gasteiger partial charge is 0.479 e. The topological polar surface area (TPSA) is 73.3 Å². The molecule has 1 amide bonds. The third-order valence-corrected chi connectivity index (χ3v) is 3.03. The molecule has 2 rings (SSSR count). The van der Waals surface area contributed by atoms with Gasteiger partial charge < -0.3 is 14.8 Å². The first-order valence-corrected chi connectivity index (χ1v) is 6.81. The molecule has 9 heteroatoms. The third-order valence-electron chi connectivity index (χ3n) is 3.03. The van der Waals surface area contributed by atoms with Gasteiger partial charge in [-0.2, -0.15) is 0 Å². The van der Waals surface area contributed by atoms with Crippen molar-refractivity contribution in [3.63, 3.8) is 0 Å². The van der Waals surface area contributed by atoms with Crippen LogP contribution >= 0.6 is 0 Å². The number of carbonyl (C=O) groups excluding carboxylic acids is 1. The number of alkyl halides is 3. The van der Waals surface area contributed by atoms with Gasteiger partial charge in [-0.25, -0.2) is 9.97 Å². The lowest BCUT2D eigenvalue weighted by Gasteiger charge is -2.15. The lowest BCUT2D eigenvalue weighted by Crippen LogP contribution is -2.28. The molecule has 1 heterocycles. The Hall–Kier alpha value is -2.84. The van der Waals surface area contributed by atoms with Gasteiger partial charge in [-0.05, 0) is 24.6 Å². The van der Waals surface area contributed by atoms with Crippen LogP contribution < -0.4 is 14.8 Å². The Morgan fingerprint density at radius 1 is 1.17 bits per heavy atom. The van der Waals surface area contributed by atoms with Crippen molar-refractivity contribution < 1.29 is 27.4 Å². The molecule has 0 saturated carbocycles. The average Bonchev–Trinajstić information content (AvgIpc) is 2.53. The van der Waals surface area contributed by atoms with Gasteiger partial charge in [-0.1, -0.05) is 12.1 Å². The zero-order chi connectivity index (χ0) is 17.7. The number of benzene rings is 1. The van der Waals surface area contributed by atoms with E-state index in [2.05, 4.69) is 20.0 Å². The summed E-state index contributed by atoms with van der Waals surface area (Å²) in [6.07, 6.45) is -2.01. The lowest BCUT2D eigenvalue weighted by atomic mass is 10.1. The zero-order valence-electron chi connectivity index (χ0n) is 12.8. The zero-order valence-corrected chi connectivity index (χ0v) is 12.8. The molecule has 1 aromatic heterocycles.